The first-order chi connectivity index (χ1) is 5.78. The summed E-state index contributed by atoms with van der Waals surface area (Å²) in [5.41, 5.74) is 2.59. The molecule has 3 rings (SSSR count). The molecule has 1 spiro atoms. The molecule has 0 amide bonds. The molecule has 12 heavy (non-hydrogen) atoms. The van der Waals surface area contributed by atoms with Gasteiger partial charge in [-0.05, 0) is 29.7 Å². The molecule has 0 aromatic rings. The Labute approximate surface area is 70.8 Å². The number of rotatable bonds is 0. The average molecular weight is 156 g/mol. The number of ketones is 1. The van der Waals surface area contributed by atoms with E-state index in [9.17, 15) is 4.79 Å². The summed E-state index contributed by atoms with van der Waals surface area (Å²) in [7, 11) is 0. The second kappa shape index (κ2) is 1.69. The first kappa shape index (κ1) is 6.18. The lowest BCUT2D eigenvalue weighted by molar-refractivity contribution is -0.110. The zero-order valence-corrected chi connectivity index (χ0v) is 6.58. The monoisotopic (exact) mass is 156 g/mol. The second-order valence-corrected chi connectivity index (χ2v) is 3.61. The van der Waals surface area contributed by atoms with E-state index in [4.69, 9.17) is 0 Å². The summed E-state index contributed by atoms with van der Waals surface area (Å²) in [4.78, 5) is 11.1. The Morgan fingerprint density at radius 2 is 2.00 bits per heavy atom. The Balaban J connectivity index is 2.24. The van der Waals surface area contributed by atoms with Crippen molar-refractivity contribution >= 4 is 5.78 Å². The summed E-state index contributed by atoms with van der Waals surface area (Å²) in [6, 6.07) is 0. The van der Waals surface area contributed by atoms with Crippen LogP contribution in [0.1, 0.15) is 6.42 Å². The Kier molecular flexibility index (Phi) is 0.868. The normalized spacial score (nSPS) is 35.2. The summed E-state index contributed by atoms with van der Waals surface area (Å²) in [5.74, 6) is 0.119. The largest absolute Gasteiger partial charge is 0.290 e. The van der Waals surface area contributed by atoms with Crippen LogP contribution in [0.2, 0.25) is 0 Å². The fourth-order valence-corrected chi connectivity index (χ4v) is 2.16. The van der Waals surface area contributed by atoms with E-state index < -0.39 is 0 Å². The van der Waals surface area contributed by atoms with Gasteiger partial charge in [-0.2, -0.15) is 0 Å². The summed E-state index contributed by atoms with van der Waals surface area (Å²) in [5, 5.41) is 0. The van der Waals surface area contributed by atoms with E-state index in [1.807, 2.05) is 6.08 Å². The van der Waals surface area contributed by atoms with Gasteiger partial charge in [-0.1, -0.05) is 24.3 Å². The van der Waals surface area contributed by atoms with Crippen molar-refractivity contribution < 1.29 is 4.79 Å². The molecular weight excluding hydrogens is 148 g/mol. The van der Waals surface area contributed by atoms with Crippen molar-refractivity contribution in [3.8, 4) is 0 Å². The van der Waals surface area contributed by atoms with Crippen LogP contribution in [0.25, 0.3) is 0 Å². The van der Waals surface area contributed by atoms with Gasteiger partial charge in [0.05, 0.1) is 0 Å². The van der Waals surface area contributed by atoms with E-state index in [-0.39, 0.29) is 11.2 Å². The molecule has 1 unspecified atom stereocenters. The maximum absolute atomic E-state index is 11.1. The number of allylic oxidation sites excluding steroid dienone is 8. The lowest BCUT2D eigenvalue weighted by atomic mass is 9.79. The molecule has 0 saturated carbocycles. The van der Waals surface area contributed by atoms with Gasteiger partial charge in [-0.25, -0.2) is 0 Å². The Bertz CT molecular complexity index is 393. The number of hydrogen-bond donors (Lipinski definition) is 0. The van der Waals surface area contributed by atoms with Gasteiger partial charge in [0.2, 0.25) is 0 Å². The van der Waals surface area contributed by atoms with E-state index in [1.165, 1.54) is 11.1 Å². The highest BCUT2D eigenvalue weighted by Crippen LogP contribution is 2.50. The zero-order chi connectivity index (χ0) is 8.18. The molecule has 0 aromatic carbocycles. The van der Waals surface area contributed by atoms with Crippen molar-refractivity contribution in [2.45, 2.75) is 6.42 Å². The van der Waals surface area contributed by atoms with Crippen LogP contribution < -0.4 is 0 Å². The van der Waals surface area contributed by atoms with Gasteiger partial charge in [0, 0.05) is 5.41 Å². The van der Waals surface area contributed by atoms with Gasteiger partial charge in [0.25, 0.3) is 0 Å². The molecule has 0 heterocycles. The van der Waals surface area contributed by atoms with Crippen LogP contribution in [0.3, 0.4) is 0 Å². The third kappa shape index (κ3) is 0.572. The minimum Gasteiger partial charge on any atom is -0.290 e. The topological polar surface area (TPSA) is 17.1 Å². The molecule has 3 aliphatic rings. The Morgan fingerprint density at radius 1 is 1.17 bits per heavy atom. The summed E-state index contributed by atoms with van der Waals surface area (Å²) < 4.78 is 0. The zero-order valence-electron chi connectivity index (χ0n) is 6.58. The SMILES string of the molecule is O=C1C=CC23C=CC(=CC2=C1)C3. The summed E-state index contributed by atoms with van der Waals surface area (Å²) in [6.07, 6.45) is 13.0. The van der Waals surface area contributed by atoms with Crippen molar-refractivity contribution in [2.75, 3.05) is 0 Å². The molecule has 0 aliphatic heterocycles. The highest BCUT2D eigenvalue weighted by Gasteiger charge is 2.39. The summed E-state index contributed by atoms with van der Waals surface area (Å²) >= 11 is 0. The lowest BCUT2D eigenvalue weighted by Gasteiger charge is -2.23. The minimum atomic E-state index is 0.0727. The number of hydrogen-bond acceptors (Lipinski definition) is 1. The third-order valence-electron chi connectivity index (χ3n) is 2.81. The molecule has 58 valence electrons. The van der Waals surface area contributed by atoms with Crippen molar-refractivity contribution in [2.24, 2.45) is 5.41 Å². The van der Waals surface area contributed by atoms with Crippen molar-refractivity contribution in [1.29, 1.82) is 0 Å². The van der Waals surface area contributed by atoms with E-state index in [0.29, 0.717) is 0 Å². The number of fused-ring (bicyclic) bond motifs is 1. The average Bonchev–Trinajstić information content (AvgIpc) is 2.58. The lowest BCUT2D eigenvalue weighted by Crippen LogP contribution is -2.16. The van der Waals surface area contributed by atoms with Crippen LogP contribution in [-0.4, -0.2) is 5.78 Å². The Hall–Kier alpha value is -1.37. The molecule has 1 atom stereocenters. The first-order valence-corrected chi connectivity index (χ1v) is 4.14. The van der Waals surface area contributed by atoms with Crippen molar-refractivity contribution in [3.63, 3.8) is 0 Å². The maximum Gasteiger partial charge on any atom is 0.178 e. The summed E-state index contributed by atoms with van der Waals surface area (Å²) in [6.45, 7) is 0. The second-order valence-electron chi connectivity index (χ2n) is 3.61. The van der Waals surface area contributed by atoms with Gasteiger partial charge < -0.3 is 0 Å². The van der Waals surface area contributed by atoms with Gasteiger partial charge in [-0.15, -0.1) is 0 Å². The van der Waals surface area contributed by atoms with Crippen LogP contribution in [0.15, 0.2) is 47.6 Å². The third-order valence-corrected chi connectivity index (χ3v) is 2.81. The minimum absolute atomic E-state index is 0.0727. The quantitative estimate of drug-likeness (QED) is 0.523. The van der Waals surface area contributed by atoms with Crippen LogP contribution in [-0.2, 0) is 4.79 Å². The molecule has 0 fully saturated rings. The predicted molar refractivity (Wildman–Crippen MR) is 46.5 cm³/mol. The molecule has 0 aromatic heterocycles. The molecule has 0 saturated heterocycles. The van der Waals surface area contributed by atoms with Gasteiger partial charge >= 0.3 is 0 Å². The molecule has 2 bridgehead atoms. The molecular formula is C11H8O. The highest BCUT2D eigenvalue weighted by molar-refractivity contribution is 6.02. The molecule has 1 heteroatoms. The molecule has 1 nitrogen and oxygen atoms in total. The van der Waals surface area contributed by atoms with Crippen LogP contribution in [0.4, 0.5) is 0 Å². The predicted octanol–water partition coefficient (Wildman–Crippen LogP) is 1.94. The molecule has 3 aliphatic carbocycles. The van der Waals surface area contributed by atoms with E-state index in [0.717, 1.165) is 6.42 Å². The van der Waals surface area contributed by atoms with Crippen molar-refractivity contribution in [3.05, 3.63) is 47.6 Å². The smallest absolute Gasteiger partial charge is 0.178 e. The standard InChI is InChI=1S/C11H8O/c12-10-2-4-11-3-1-8(7-11)5-9(11)6-10/h1-6H,7H2. The van der Waals surface area contributed by atoms with Gasteiger partial charge in [0.1, 0.15) is 0 Å². The van der Waals surface area contributed by atoms with Crippen molar-refractivity contribution in [1.82, 2.24) is 0 Å². The highest BCUT2D eigenvalue weighted by atomic mass is 16.1. The van der Waals surface area contributed by atoms with E-state index in [2.05, 4.69) is 18.2 Å². The Morgan fingerprint density at radius 3 is 2.83 bits per heavy atom. The van der Waals surface area contributed by atoms with E-state index >= 15 is 0 Å². The first-order valence-electron chi connectivity index (χ1n) is 4.14. The molecule has 0 radical (unpaired) electrons. The fraction of sp³-hybridized carbons (Fsp3) is 0.182. The van der Waals surface area contributed by atoms with Crippen LogP contribution in [0.5, 0.6) is 0 Å². The van der Waals surface area contributed by atoms with Gasteiger partial charge in [-0.3, -0.25) is 4.79 Å². The van der Waals surface area contributed by atoms with Crippen LogP contribution >= 0.6 is 0 Å². The van der Waals surface area contributed by atoms with E-state index in [1.54, 1.807) is 12.2 Å². The fourth-order valence-electron chi connectivity index (χ4n) is 2.16. The number of carbonyl (C=O) groups is 1. The number of carbonyl (C=O) groups excluding carboxylic acids is 1. The molecule has 0 N–H and O–H groups in total. The van der Waals surface area contributed by atoms with Gasteiger partial charge in [0.15, 0.2) is 5.78 Å². The maximum atomic E-state index is 11.1. The van der Waals surface area contributed by atoms with Crippen LogP contribution in [0, 0.1) is 5.41 Å².